The van der Waals surface area contributed by atoms with Crippen LogP contribution in [0.1, 0.15) is 42.8 Å². The smallest absolute Gasteiger partial charge is 0.136 e. The fraction of sp³-hybridized carbons (Fsp3) is 0.500. The number of ether oxygens (including phenoxy) is 2. The summed E-state index contributed by atoms with van der Waals surface area (Å²) in [7, 11) is 1.58. The van der Waals surface area contributed by atoms with E-state index < -0.39 is 0 Å². The average Bonchev–Trinajstić information content (AvgIpc) is 3.17. The van der Waals surface area contributed by atoms with E-state index in [1.165, 1.54) is 0 Å². The molecule has 26 heavy (non-hydrogen) atoms. The van der Waals surface area contributed by atoms with Crippen LogP contribution in [-0.2, 0) is 17.8 Å². The highest BCUT2D eigenvalue weighted by molar-refractivity contribution is 5.45. The van der Waals surface area contributed by atoms with Crippen LogP contribution in [0.4, 0.5) is 0 Å². The number of benzene rings is 1. The van der Waals surface area contributed by atoms with Crippen molar-refractivity contribution in [2.24, 2.45) is 5.92 Å². The van der Waals surface area contributed by atoms with Gasteiger partial charge >= 0.3 is 0 Å². The van der Waals surface area contributed by atoms with Crippen LogP contribution in [0.5, 0.6) is 5.75 Å². The van der Waals surface area contributed by atoms with Crippen LogP contribution in [0.2, 0.25) is 0 Å². The Kier molecular flexibility index (Phi) is 6.26. The zero-order valence-electron chi connectivity index (χ0n) is 15.4. The van der Waals surface area contributed by atoms with E-state index in [1.807, 2.05) is 30.6 Å². The van der Waals surface area contributed by atoms with Crippen LogP contribution in [0.3, 0.4) is 0 Å². The summed E-state index contributed by atoms with van der Waals surface area (Å²) in [5, 5.41) is 13.0. The van der Waals surface area contributed by atoms with Gasteiger partial charge < -0.3 is 19.4 Å². The van der Waals surface area contributed by atoms with E-state index in [4.69, 9.17) is 9.47 Å². The lowest BCUT2D eigenvalue weighted by Crippen LogP contribution is -2.34. The zero-order valence-corrected chi connectivity index (χ0v) is 15.4. The Morgan fingerprint density at radius 1 is 1.42 bits per heavy atom. The molecule has 0 bridgehead atoms. The van der Waals surface area contributed by atoms with Gasteiger partial charge in [-0.15, -0.1) is 0 Å². The van der Waals surface area contributed by atoms with Crippen molar-refractivity contribution in [2.45, 2.75) is 38.9 Å². The summed E-state index contributed by atoms with van der Waals surface area (Å²) in [5.41, 5.74) is 1.62. The van der Waals surface area contributed by atoms with Gasteiger partial charge in [0.2, 0.25) is 0 Å². The van der Waals surface area contributed by atoms with Gasteiger partial charge in [-0.25, -0.2) is 4.98 Å². The predicted octanol–water partition coefficient (Wildman–Crippen LogP) is 3.04. The number of methoxy groups -OCH3 is 1. The third-order valence-corrected chi connectivity index (χ3v) is 5.01. The summed E-state index contributed by atoms with van der Waals surface area (Å²) in [6.45, 7) is 5.32. The van der Waals surface area contributed by atoms with Crippen molar-refractivity contribution in [3.63, 3.8) is 0 Å². The Morgan fingerprint density at radius 2 is 2.23 bits per heavy atom. The summed E-state index contributed by atoms with van der Waals surface area (Å²) in [5.74, 6) is 2.18. The van der Waals surface area contributed by atoms with E-state index in [0.717, 1.165) is 44.0 Å². The Labute approximate surface area is 154 Å². The number of nitrogens with one attached hydrogen (secondary N) is 1. The van der Waals surface area contributed by atoms with Gasteiger partial charge in [-0.1, -0.05) is 6.07 Å². The first kappa shape index (κ1) is 18.4. The van der Waals surface area contributed by atoms with Crippen LogP contribution < -0.4 is 10.1 Å². The van der Waals surface area contributed by atoms with E-state index >= 15 is 0 Å². The molecule has 1 aliphatic heterocycles. The van der Waals surface area contributed by atoms with Crippen LogP contribution >= 0.6 is 0 Å². The second-order valence-electron chi connectivity index (χ2n) is 6.53. The van der Waals surface area contributed by atoms with Crippen LogP contribution in [0, 0.1) is 17.2 Å². The molecule has 1 unspecified atom stereocenters. The van der Waals surface area contributed by atoms with E-state index in [0.29, 0.717) is 23.8 Å². The van der Waals surface area contributed by atoms with E-state index in [9.17, 15) is 5.26 Å². The molecule has 2 heterocycles. The lowest BCUT2D eigenvalue weighted by atomic mass is 9.90. The van der Waals surface area contributed by atoms with Crippen LogP contribution in [0.15, 0.2) is 30.6 Å². The van der Waals surface area contributed by atoms with Gasteiger partial charge in [-0.2, -0.15) is 5.26 Å². The summed E-state index contributed by atoms with van der Waals surface area (Å²) in [6, 6.07) is 8.11. The number of imidazole rings is 1. The number of hydrogen-bond donors (Lipinski definition) is 1. The summed E-state index contributed by atoms with van der Waals surface area (Å²) in [4.78, 5) is 4.62. The molecule has 6 nitrogen and oxygen atoms in total. The number of rotatable bonds is 7. The molecule has 1 N–H and O–H groups in total. The summed E-state index contributed by atoms with van der Waals surface area (Å²) < 4.78 is 13.0. The first-order chi connectivity index (χ1) is 12.8. The minimum Gasteiger partial charge on any atom is -0.495 e. The fourth-order valence-corrected chi connectivity index (χ4v) is 3.57. The topological polar surface area (TPSA) is 72.1 Å². The number of aryl methyl sites for hydroxylation is 1. The molecule has 1 atom stereocenters. The Bertz CT molecular complexity index is 759. The van der Waals surface area contributed by atoms with Crippen molar-refractivity contribution >= 4 is 0 Å². The van der Waals surface area contributed by atoms with Gasteiger partial charge in [0.25, 0.3) is 0 Å². The van der Waals surface area contributed by atoms with E-state index in [1.54, 1.807) is 7.11 Å². The second kappa shape index (κ2) is 8.84. The normalized spacial score (nSPS) is 16.2. The van der Waals surface area contributed by atoms with Gasteiger partial charge in [-0.3, -0.25) is 0 Å². The van der Waals surface area contributed by atoms with Crippen LogP contribution in [0.25, 0.3) is 0 Å². The molecule has 1 aromatic heterocycles. The molecule has 1 aliphatic rings. The van der Waals surface area contributed by atoms with Gasteiger partial charge in [0.15, 0.2) is 0 Å². The molecule has 6 heteroatoms. The predicted molar refractivity (Wildman–Crippen MR) is 98.7 cm³/mol. The maximum Gasteiger partial charge on any atom is 0.136 e. The van der Waals surface area contributed by atoms with Crippen molar-refractivity contribution < 1.29 is 9.47 Å². The SMILES string of the molecule is CCn1ccnc1C(NCc1ccc(OC)c(C#N)c1)C1CCOCC1. The van der Waals surface area contributed by atoms with Gasteiger partial charge in [0, 0.05) is 38.7 Å². The maximum atomic E-state index is 9.30. The molecule has 0 aliphatic carbocycles. The first-order valence-corrected chi connectivity index (χ1v) is 9.16. The van der Waals surface area contributed by atoms with Gasteiger partial charge in [-0.05, 0) is 43.4 Å². The number of nitriles is 1. The molecule has 0 radical (unpaired) electrons. The molecule has 1 aromatic carbocycles. The fourth-order valence-electron chi connectivity index (χ4n) is 3.57. The van der Waals surface area contributed by atoms with Crippen molar-refractivity contribution in [3.05, 3.63) is 47.5 Å². The molecule has 2 aromatic rings. The van der Waals surface area contributed by atoms with Crippen molar-refractivity contribution in [1.82, 2.24) is 14.9 Å². The summed E-state index contributed by atoms with van der Waals surface area (Å²) >= 11 is 0. The zero-order chi connectivity index (χ0) is 18.4. The lowest BCUT2D eigenvalue weighted by Gasteiger charge is -2.31. The molecule has 138 valence electrons. The molecule has 0 spiro atoms. The third-order valence-electron chi connectivity index (χ3n) is 5.01. The van der Waals surface area contributed by atoms with Crippen molar-refractivity contribution in [2.75, 3.05) is 20.3 Å². The molecule has 0 amide bonds. The Balaban J connectivity index is 1.79. The highest BCUT2D eigenvalue weighted by Gasteiger charge is 2.28. The number of nitrogens with zero attached hydrogens (tertiary/aromatic N) is 3. The minimum atomic E-state index is 0.168. The van der Waals surface area contributed by atoms with Crippen molar-refractivity contribution in [3.8, 4) is 11.8 Å². The second-order valence-corrected chi connectivity index (χ2v) is 6.53. The highest BCUT2D eigenvalue weighted by Crippen LogP contribution is 2.30. The lowest BCUT2D eigenvalue weighted by molar-refractivity contribution is 0.0517. The standard InChI is InChI=1S/C20H26N4O2/c1-3-24-9-8-22-20(24)19(16-6-10-26-11-7-16)23-14-15-4-5-18(25-2)17(12-15)13-21/h4-5,8-9,12,16,19,23H,3,6-7,10-11,14H2,1-2H3. The van der Waals surface area contributed by atoms with Crippen molar-refractivity contribution in [1.29, 1.82) is 5.26 Å². The van der Waals surface area contributed by atoms with Gasteiger partial charge in [0.1, 0.15) is 17.6 Å². The van der Waals surface area contributed by atoms with Crippen LogP contribution in [-0.4, -0.2) is 29.9 Å². The Morgan fingerprint density at radius 3 is 2.92 bits per heavy atom. The Hall–Kier alpha value is -2.36. The quantitative estimate of drug-likeness (QED) is 0.827. The first-order valence-electron chi connectivity index (χ1n) is 9.16. The average molecular weight is 354 g/mol. The third kappa shape index (κ3) is 4.06. The van der Waals surface area contributed by atoms with Gasteiger partial charge in [0.05, 0.1) is 18.7 Å². The van der Waals surface area contributed by atoms with E-state index in [-0.39, 0.29) is 6.04 Å². The maximum absolute atomic E-state index is 9.30. The molecule has 1 saturated heterocycles. The molecule has 3 rings (SSSR count). The molecule has 0 saturated carbocycles. The number of aromatic nitrogens is 2. The summed E-state index contributed by atoms with van der Waals surface area (Å²) in [6.07, 6.45) is 5.96. The molecular weight excluding hydrogens is 328 g/mol. The molecule has 1 fully saturated rings. The largest absolute Gasteiger partial charge is 0.495 e. The van der Waals surface area contributed by atoms with E-state index in [2.05, 4.69) is 27.9 Å². The highest BCUT2D eigenvalue weighted by atomic mass is 16.5. The molecular formula is C20H26N4O2. The number of hydrogen-bond acceptors (Lipinski definition) is 5. The minimum absolute atomic E-state index is 0.168. The monoisotopic (exact) mass is 354 g/mol.